The van der Waals surface area contributed by atoms with Crippen molar-refractivity contribution in [1.29, 1.82) is 0 Å². The van der Waals surface area contributed by atoms with Crippen LogP contribution in [0.15, 0.2) is 24.4 Å². The van der Waals surface area contributed by atoms with Crippen molar-refractivity contribution in [2.24, 2.45) is 0 Å². The molecule has 0 bridgehead atoms. The summed E-state index contributed by atoms with van der Waals surface area (Å²) in [6.45, 7) is 4.79. The van der Waals surface area contributed by atoms with Gasteiger partial charge in [-0.05, 0) is 30.5 Å². The standard InChI is InChI=1S/C12H13N3O/c1-9-4-3-5-10(2)12(9)7-15-6-11(8-16)13-14-15/h3-6,8H,7H2,1-2H3. The van der Waals surface area contributed by atoms with Crippen molar-refractivity contribution in [1.82, 2.24) is 15.0 Å². The molecule has 0 aliphatic carbocycles. The highest BCUT2D eigenvalue weighted by Gasteiger charge is 2.05. The Hall–Kier alpha value is -1.97. The van der Waals surface area contributed by atoms with E-state index in [1.54, 1.807) is 10.9 Å². The maximum Gasteiger partial charge on any atom is 0.171 e. The summed E-state index contributed by atoms with van der Waals surface area (Å²) in [4.78, 5) is 10.5. The van der Waals surface area contributed by atoms with Crippen LogP contribution >= 0.6 is 0 Å². The summed E-state index contributed by atoms with van der Waals surface area (Å²) in [5.74, 6) is 0. The Kier molecular flexibility index (Phi) is 2.81. The van der Waals surface area contributed by atoms with Crippen LogP contribution in [-0.2, 0) is 6.54 Å². The number of aromatic nitrogens is 3. The molecule has 0 aliphatic rings. The van der Waals surface area contributed by atoms with Gasteiger partial charge in [-0.3, -0.25) is 4.79 Å². The van der Waals surface area contributed by atoms with Gasteiger partial charge in [-0.2, -0.15) is 0 Å². The number of benzene rings is 1. The molecule has 1 heterocycles. The fourth-order valence-electron chi connectivity index (χ4n) is 1.71. The van der Waals surface area contributed by atoms with E-state index in [0.29, 0.717) is 18.5 Å². The molecule has 0 radical (unpaired) electrons. The number of carbonyl (C=O) groups excluding carboxylic acids is 1. The molecule has 0 unspecified atom stereocenters. The second kappa shape index (κ2) is 4.26. The molecule has 0 spiro atoms. The van der Waals surface area contributed by atoms with Crippen molar-refractivity contribution >= 4 is 6.29 Å². The first kappa shape index (κ1) is 10.5. The highest BCUT2D eigenvalue weighted by Crippen LogP contribution is 2.14. The number of carbonyl (C=O) groups is 1. The SMILES string of the molecule is Cc1cccc(C)c1Cn1cc(C=O)nn1. The summed E-state index contributed by atoms with van der Waals surface area (Å²) < 4.78 is 1.68. The van der Waals surface area contributed by atoms with Crippen LogP contribution in [0.3, 0.4) is 0 Å². The van der Waals surface area contributed by atoms with Gasteiger partial charge in [0.2, 0.25) is 0 Å². The van der Waals surface area contributed by atoms with Crippen molar-refractivity contribution < 1.29 is 4.79 Å². The summed E-state index contributed by atoms with van der Waals surface area (Å²) >= 11 is 0. The molecule has 0 fully saturated rings. The summed E-state index contributed by atoms with van der Waals surface area (Å²) in [5.41, 5.74) is 4.04. The lowest BCUT2D eigenvalue weighted by Gasteiger charge is -2.08. The Labute approximate surface area is 93.9 Å². The van der Waals surface area contributed by atoms with Gasteiger partial charge < -0.3 is 0 Å². The molecule has 16 heavy (non-hydrogen) atoms. The lowest BCUT2D eigenvalue weighted by atomic mass is 10.0. The van der Waals surface area contributed by atoms with E-state index < -0.39 is 0 Å². The average Bonchev–Trinajstić information content (AvgIpc) is 2.71. The van der Waals surface area contributed by atoms with Gasteiger partial charge in [0.05, 0.1) is 12.7 Å². The van der Waals surface area contributed by atoms with E-state index in [1.807, 2.05) is 6.07 Å². The van der Waals surface area contributed by atoms with E-state index in [4.69, 9.17) is 0 Å². The molecule has 1 aromatic carbocycles. The molecular weight excluding hydrogens is 202 g/mol. The van der Waals surface area contributed by atoms with Gasteiger partial charge in [-0.15, -0.1) is 5.10 Å². The molecule has 0 atom stereocenters. The molecule has 0 amide bonds. The first-order valence-electron chi connectivity index (χ1n) is 5.11. The van der Waals surface area contributed by atoms with Gasteiger partial charge >= 0.3 is 0 Å². The van der Waals surface area contributed by atoms with Crippen LogP contribution < -0.4 is 0 Å². The van der Waals surface area contributed by atoms with Gasteiger partial charge in [0.1, 0.15) is 5.69 Å². The highest BCUT2D eigenvalue weighted by atomic mass is 16.1. The van der Waals surface area contributed by atoms with Crippen molar-refractivity contribution in [3.63, 3.8) is 0 Å². The molecule has 1 aromatic heterocycles. The van der Waals surface area contributed by atoms with Crippen LogP contribution in [0.4, 0.5) is 0 Å². The third-order valence-electron chi connectivity index (χ3n) is 2.64. The predicted octanol–water partition coefficient (Wildman–Crippen LogP) is 1.76. The first-order chi connectivity index (χ1) is 7.70. The Bertz CT molecular complexity index is 496. The van der Waals surface area contributed by atoms with E-state index in [-0.39, 0.29) is 0 Å². The molecule has 2 rings (SSSR count). The smallest absolute Gasteiger partial charge is 0.171 e. The lowest BCUT2D eigenvalue weighted by molar-refractivity contribution is 0.111. The topological polar surface area (TPSA) is 47.8 Å². The summed E-state index contributed by atoms with van der Waals surface area (Å²) in [5, 5.41) is 7.64. The number of aryl methyl sites for hydroxylation is 2. The minimum atomic E-state index is 0.367. The Morgan fingerprint density at radius 2 is 2.00 bits per heavy atom. The average molecular weight is 215 g/mol. The Morgan fingerprint density at radius 3 is 2.56 bits per heavy atom. The highest BCUT2D eigenvalue weighted by molar-refractivity contribution is 5.70. The van der Waals surface area contributed by atoms with E-state index in [2.05, 4.69) is 36.3 Å². The third kappa shape index (κ3) is 2.00. The zero-order valence-electron chi connectivity index (χ0n) is 9.34. The maximum absolute atomic E-state index is 10.5. The number of aldehydes is 1. The van der Waals surface area contributed by atoms with Crippen LogP contribution in [0.2, 0.25) is 0 Å². The second-order valence-electron chi connectivity index (χ2n) is 3.83. The zero-order chi connectivity index (χ0) is 11.5. The lowest BCUT2D eigenvalue weighted by Crippen LogP contribution is -2.04. The fraction of sp³-hybridized carbons (Fsp3) is 0.250. The van der Waals surface area contributed by atoms with E-state index in [0.717, 1.165) is 0 Å². The van der Waals surface area contributed by atoms with Crippen molar-refractivity contribution in [2.75, 3.05) is 0 Å². The van der Waals surface area contributed by atoms with Crippen LogP contribution in [0.25, 0.3) is 0 Å². The molecule has 0 saturated carbocycles. The molecule has 0 saturated heterocycles. The van der Waals surface area contributed by atoms with Crippen LogP contribution in [0, 0.1) is 13.8 Å². The van der Waals surface area contributed by atoms with E-state index >= 15 is 0 Å². The number of hydrogen-bond acceptors (Lipinski definition) is 3. The molecule has 4 heteroatoms. The van der Waals surface area contributed by atoms with Gasteiger partial charge in [0.25, 0.3) is 0 Å². The molecular formula is C12H13N3O. The van der Waals surface area contributed by atoms with Crippen LogP contribution in [-0.4, -0.2) is 21.3 Å². The normalized spacial score (nSPS) is 10.4. The minimum Gasteiger partial charge on any atom is -0.296 e. The Morgan fingerprint density at radius 1 is 1.31 bits per heavy atom. The minimum absolute atomic E-state index is 0.367. The van der Waals surface area contributed by atoms with Gasteiger partial charge in [0.15, 0.2) is 6.29 Å². The number of hydrogen-bond donors (Lipinski definition) is 0. The van der Waals surface area contributed by atoms with E-state index in [1.165, 1.54) is 16.7 Å². The Balaban J connectivity index is 2.29. The molecule has 0 aliphatic heterocycles. The first-order valence-corrected chi connectivity index (χ1v) is 5.11. The summed E-state index contributed by atoms with van der Waals surface area (Å²) in [6, 6.07) is 6.17. The molecule has 2 aromatic rings. The van der Waals surface area contributed by atoms with Crippen molar-refractivity contribution in [2.45, 2.75) is 20.4 Å². The maximum atomic E-state index is 10.5. The monoisotopic (exact) mass is 215 g/mol. The number of rotatable bonds is 3. The molecule has 4 nitrogen and oxygen atoms in total. The quantitative estimate of drug-likeness (QED) is 0.733. The largest absolute Gasteiger partial charge is 0.296 e. The second-order valence-corrected chi connectivity index (χ2v) is 3.83. The summed E-state index contributed by atoms with van der Waals surface area (Å²) in [6.07, 6.45) is 2.35. The molecule has 0 N–H and O–H groups in total. The van der Waals surface area contributed by atoms with Crippen LogP contribution in [0.5, 0.6) is 0 Å². The van der Waals surface area contributed by atoms with E-state index in [9.17, 15) is 4.79 Å². The van der Waals surface area contributed by atoms with Crippen molar-refractivity contribution in [3.8, 4) is 0 Å². The third-order valence-corrected chi connectivity index (χ3v) is 2.64. The zero-order valence-corrected chi connectivity index (χ0v) is 9.34. The van der Waals surface area contributed by atoms with Gasteiger partial charge in [-0.1, -0.05) is 23.4 Å². The van der Waals surface area contributed by atoms with Crippen molar-refractivity contribution in [3.05, 3.63) is 46.8 Å². The van der Waals surface area contributed by atoms with Gasteiger partial charge in [-0.25, -0.2) is 4.68 Å². The fourth-order valence-corrected chi connectivity index (χ4v) is 1.71. The predicted molar refractivity (Wildman–Crippen MR) is 60.4 cm³/mol. The van der Waals surface area contributed by atoms with Gasteiger partial charge in [0, 0.05) is 0 Å². The summed E-state index contributed by atoms with van der Waals surface area (Å²) in [7, 11) is 0. The molecule has 82 valence electrons. The number of nitrogens with zero attached hydrogens (tertiary/aromatic N) is 3. The van der Waals surface area contributed by atoms with Crippen LogP contribution in [0.1, 0.15) is 27.2 Å².